The summed E-state index contributed by atoms with van der Waals surface area (Å²) < 4.78 is 6.87. The summed E-state index contributed by atoms with van der Waals surface area (Å²) in [6.07, 6.45) is 3.75. The molecule has 0 bridgehead atoms. The van der Waals surface area contributed by atoms with Gasteiger partial charge in [0.25, 0.3) is 0 Å². The number of hydrogen-bond acceptors (Lipinski definition) is 3. The van der Waals surface area contributed by atoms with Crippen LogP contribution in [-0.4, -0.2) is 16.5 Å². The zero-order valence-electron chi connectivity index (χ0n) is 7.40. The van der Waals surface area contributed by atoms with Gasteiger partial charge in [0.1, 0.15) is 5.65 Å². The molecule has 0 saturated carbocycles. The van der Waals surface area contributed by atoms with Crippen molar-refractivity contribution in [3.63, 3.8) is 0 Å². The Morgan fingerprint density at radius 2 is 2.31 bits per heavy atom. The maximum absolute atomic E-state index is 5.63. The fourth-order valence-electron chi connectivity index (χ4n) is 1.28. The largest absolute Gasteiger partial charge is 0.398 e. The highest BCUT2D eigenvalue weighted by Gasteiger charge is 2.00. The molecule has 0 aliphatic heterocycles. The third kappa shape index (κ3) is 1.48. The third-order valence-corrected chi connectivity index (χ3v) is 1.82. The minimum atomic E-state index is 0.529. The Labute approximate surface area is 76.0 Å². The summed E-state index contributed by atoms with van der Waals surface area (Å²) in [4.78, 5) is 4.33. The van der Waals surface area contributed by atoms with E-state index >= 15 is 0 Å². The van der Waals surface area contributed by atoms with Crippen molar-refractivity contribution in [2.45, 2.75) is 6.61 Å². The van der Waals surface area contributed by atoms with Gasteiger partial charge in [0.05, 0.1) is 12.3 Å². The van der Waals surface area contributed by atoms with E-state index in [0.29, 0.717) is 6.61 Å². The molecule has 2 heterocycles. The summed E-state index contributed by atoms with van der Waals surface area (Å²) in [5, 5.41) is 0. The van der Waals surface area contributed by atoms with Gasteiger partial charge in [0.2, 0.25) is 0 Å². The number of anilines is 1. The van der Waals surface area contributed by atoms with Gasteiger partial charge in [-0.15, -0.1) is 0 Å². The minimum Gasteiger partial charge on any atom is -0.398 e. The number of nitrogen functional groups attached to an aromatic ring is 1. The molecular formula is C9H11N3O. The predicted molar refractivity (Wildman–Crippen MR) is 50.3 cm³/mol. The van der Waals surface area contributed by atoms with Crippen LogP contribution in [0.5, 0.6) is 0 Å². The number of ether oxygens (including phenoxy) is 1. The van der Waals surface area contributed by atoms with E-state index in [1.54, 1.807) is 7.11 Å². The molecule has 0 amide bonds. The average Bonchev–Trinajstić information content (AvgIpc) is 2.46. The smallest absolute Gasteiger partial charge is 0.137 e. The molecule has 0 aromatic carbocycles. The van der Waals surface area contributed by atoms with E-state index in [1.165, 1.54) is 0 Å². The van der Waals surface area contributed by atoms with Crippen molar-refractivity contribution in [1.82, 2.24) is 9.38 Å². The topological polar surface area (TPSA) is 52.5 Å². The van der Waals surface area contributed by atoms with E-state index in [0.717, 1.165) is 17.0 Å². The van der Waals surface area contributed by atoms with Gasteiger partial charge in [0.15, 0.2) is 0 Å². The zero-order chi connectivity index (χ0) is 9.26. The van der Waals surface area contributed by atoms with Gasteiger partial charge >= 0.3 is 0 Å². The average molecular weight is 177 g/mol. The van der Waals surface area contributed by atoms with Crippen LogP contribution >= 0.6 is 0 Å². The van der Waals surface area contributed by atoms with Crippen LogP contribution < -0.4 is 5.73 Å². The molecule has 0 aliphatic carbocycles. The Hall–Kier alpha value is -1.55. The minimum absolute atomic E-state index is 0.529. The second-order valence-corrected chi connectivity index (χ2v) is 2.89. The summed E-state index contributed by atoms with van der Waals surface area (Å²) in [5.41, 5.74) is 8.16. The zero-order valence-corrected chi connectivity index (χ0v) is 7.40. The van der Waals surface area contributed by atoms with Gasteiger partial charge < -0.3 is 14.9 Å². The fraction of sp³-hybridized carbons (Fsp3) is 0.222. The van der Waals surface area contributed by atoms with Crippen LogP contribution in [0.2, 0.25) is 0 Å². The molecule has 2 N–H and O–H groups in total. The molecule has 13 heavy (non-hydrogen) atoms. The standard InChI is InChI=1S/C9H11N3O/c1-13-6-8-5-12-4-7(10)2-3-9(12)11-8/h2-5H,6,10H2,1H3. The summed E-state index contributed by atoms with van der Waals surface area (Å²) in [5.74, 6) is 0. The Balaban J connectivity index is 2.49. The molecule has 0 radical (unpaired) electrons. The van der Waals surface area contributed by atoms with E-state index in [4.69, 9.17) is 10.5 Å². The molecule has 0 aliphatic rings. The van der Waals surface area contributed by atoms with Crippen molar-refractivity contribution in [3.05, 3.63) is 30.2 Å². The lowest BCUT2D eigenvalue weighted by Crippen LogP contribution is -1.88. The first-order valence-electron chi connectivity index (χ1n) is 4.01. The van der Waals surface area contributed by atoms with Crippen molar-refractivity contribution >= 4 is 11.3 Å². The normalized spacial score (nSPS) is 10.8. The summed E-state index contributed by atoms with van der Waals surface area (Å²) in [6.45, 7) is 0.529. The van der Waals surface area contributed by atoms with Crippen molar-refractivity contribution in [3.8, 4) is 0 Å². The number of rotatable bonds is 2. The molecule has 68 valence electrons. The lowest BCUT2D eigenvalue weighted by molar-refractivity contribution is 0.182. The van der Waals surface area contributed by atoms with E-state index in [9.17, 15) is 0 Å². The molecule has 4 heteroatoms. The SMILES string of the molecule is COCc1cn2cc(N)ccc2n1. The highest BCUT2D eigenvalue weighted by Crippen LogP contribution is 2.09. The monoisotopic (exact) mass is 177 g/mol. The van der Waals surface area contributed by atoms with Crippen LogP contribution in [0.3, 0.4) is 0 Å². The number of aromatic nitrogens is 2. The van der Waals surface area contributed by atoms with E-state index in [1.807, 2.05) is 28.9 Å². The number of imidazole rings is 1. The molecule has 0 spiro atoms. The van der Waals surface area contributed by atoms with Gasteiger partial charge in [0, 0.05) is 25.2 Å². The maximum Gasteiger partial charge on any atom is 0.137 e. The van der Waals surface area contributed by atoms with Crippen molar-refractivity contribution in [2.75, 3.05) is 12.8 Å². The lowest BCUT2D eigenvalue weighted by atomic mass is 10.4. The van der Waals surface area contributed by atoms with Gasteiger partial charge in [-0.2, -0.15) is 0 Å². The number of pyridine rings is 1. The second-order valence-electron chi connectivity index (χ2n) is 2.89. The first-order chi connectivity index (χ1) is 6.29. The quantitative estimate of drug-likeness (QED) is 0.746. The molecule has 0 unspecified atom stereocenters. The van der Waals surface area contributed by atoms with Crippen LogP contribution in [0.1, 0.15) is 5.69 Å². The van der Waals surface area contributed by atoms with Crippen molar-refractivity contribution in [2.24, 2.45) is 0 Å². The Morgan fingerprint density at radius 3 is 3.08 bits per heavy atom. The van der Waals surface area contributed by atoms with Crippen LogP contribution in [0.25, 0.3) is 5.65 Å². The first kappa shape index (κ1) is 8.07. The summed E-state index contributed by atoms with van der Waals surface area (Å²) in [6, 6.07) is 3.72. The van der Waals surface area contributed by atoms with Crippen LogP contribution in [0, 0.1) is 0 Å². The number of methoxy groups -OCH3 is 1. The second kappa shape index (κ2) is 3.06. The maximum atomic E-state index is 5.63. The Morgan fingerprint density at radius 1 is 1.46 bits per heavy atom. The fourth-order valence-corrected chi connectivity index (χ4v) is 1.28. The highest BCUT2D eigenvalue weighted by molar-refractivity contribution is 5.47. The molecule has 4 nitrogen and oxygen atoms in total. The summed E-state index contributed by atoms with van der Waals surface area (Å²) >= 11 is 0. The number of nitrogens with two attached hydrogens (primary N) is 1. The molecule has 0 fully saturated rings. The van der Waals surface area contributed by atoms with Gasteiger partial charge in [-0.1, -0.05) is 0 Å². The van der Waals surface area contributed by atoms with Gasteiger partial charge in [-0.25, -0.2) is 4.98 Å². The van der Waals surface area contributed by atoms with Gasteiger partial charge in [-0.05, 0) is 12.1 Å². The van der Waals surface area contributed by atoms with E-state index in [-0.39, 0.29) is 0 Å². The third-order valence-electron chi connectivity index (χ3n) is 1.82. The molecule has 2 aromatic heterocycles. The van der Waals surface area contributed by atoms with Crippen LogP contribution in [-0.2, 0) is 11.3 Å². The number of fused-ring (bicyclic) bond motifs is 1. The van der Waals surface area contributed by atoms with Crippen LogP contribution in [0.4, 0.5) is 5.69 Å². The Kier molecular flexibility index (Phi) is 1.90. The predicted octanol–water partition coefficient (Wildman–Crippen LogP) is 1.06. The summed E-state index contributed by atoms with van der Waals surface area (Å²) in [7, 11) is 1.65. The molecular weight excluding hydrogens is 166 g/mol. The lowest BCUT2D eigenvalue weighted by Gasteiger charge is -1.93. The van der Waals surface area contributed by atoms with Crippen LogP contribution in [0.15, 0.2) is 24.5 Å². The molecule has 2 rings (SSSR count). The molecule has 0 saturated heterocycles. The molecule has 2 aromatic rings. The van der Waals surface area contributed by atoms with Crippen molar-refractivity contribution < 1.29 is 4.74 Å². The van der Waals surface area contributed by atoms with Crippen molar-refractivity contribution in [1.29, 1.82) is 0 Å². The first-order valence-corrected chi connectivity index (χ1v) is 4.01. The van der Waals surface area contributed by atoms with E-state index < -0.39 is 0 Å². The Bertz CT molecular complexity index is 422. The molecule has 0 atom stereocenters. The van der Waals surface area contributed by atoms with E-state index in [2.05, 4.69) is 4.98 Å². The number of hydrogen-bond donors (Lipinski definition) is 1. The number of nitrogens with zero attached hydrogens (tertiary/aromatic N) is 2. The highest BCUT2D eigenvalue weighted by atomic mass is 16.5. The van der Waals surface area contributed by atoms with Gasteiger partial charge in [-0.3, -0.25) is 0 Å².